The van der Waals surface area contributed by atoms with Gasteiger partial charge in [-0.25, -0.2) is 18.6 Å². The molecule has 2 aliphatic carbocycles. The Labute approximate surface area is 129 Å². The first kappa shape index (κ1) is 15.8. The number of nitrogens with zero attached hydrogens (tertiary/aromatic N) is 1. The quantitative estimate of drug-likeness (QED) is 0.814. The van der Waals surface area contributed by atoms with Crippen LogP contribution in [0.1, 0.15) is 18.4 Å². The van der Waals surface area contributed by atoms with Crippen molar-refractivity contribution in [1.82, 2.24) is 15.6 Å². The Balaban J connectivity index is 1.48. The number of pyridine rings is 1. The van der Waals surface area contributed by atoms with Crippen molar-refractivity contribution in [3.8, 4) is 5.88 Å². The van der Waals surface area contributed by atoms with Crippen LogP contribution in [0.25, 0.3) is 0 Å². The molecule has 5 nitrogen and oxygen atoms in total. The van der Waals surface area contributed by atoms with Crippen molar-refractivity contribution in [1.29, 1.82) is 0 Å². The molecular formula is C14H15F4N3O2. The molecule has 2 fully saturated rings. The van der Waals surface area contributed by atoms with E-state index in [0.717, 1.165) is 0 Å². The number of carbonyl (C=O) groups is 1. The number of amides is 2. The molecule has 23 heavy (non-hydrogen) atoms. The van der Waals surface area contributed by atoms with Gasteiger partial charge in [-0.2, -0.15) is 8.78 Å². The standard InChI is InChI=1S/C14H15F4N3O2/c15-12(16)23-10-5-7(3-4-19-10)6-20-13(22)21-9-2-1-8-11(9)14(8,17)18/h3-5,8-9,11-12H,1-2,6H2,(H2,20,21,22)/t8-,9-,11-/m1/s1. The molecule has 9 heteroatoms. The molecule has 0 aliphatic heterocycles. The van der Waals surface area contributed by atoms with E-state index in [1.165, 1.54) is 18.3 Å². The van der Waals surface area contributed by atoms with Gasteiger partial charge < -0.3 is 15.4 Å². The molecule has 3 atom stereocenters. The molecule has 0 bridgehead atoms. The summed E-state index contributed by atoms with van der Waals surface area (Å²) in [5, 5.41) is 5.05. The molecule has 0 spiro atoms. The van der Waals surface area contributed by atoms with Gasteiger partial charge in [0.25, 0.3) is 5.92 Å². The highest BCUT2D eigenvalue weighted by atomic mass is 19.3. The molecule has 2 N–H and O–H groups in total. The SMILES string of the molecule is O=C(NCc1ccnc(OC(F)F)c1)N[C@@H]1CC[C@@H]2[C@H]1C2(F)F. The van der Waals surface area contributed by atoms with Crippen LogP contribution in [0.4, 0.5) is 22.4 Å². The Bertz CT molecular complexity index is 599. The van der Waals surface area contributed by atoms with Gasteiger partial charge in [0.1, 0.15) is 0 Å². The van der Waals surface area contributed by atoms with Gasteiger partial charge in [-0.15, -0.1) is 0 Å². The van der Waals surface area contributed by atoms with Gasteiger partial charge in [0.05, 0.1) is 5.92 Å². The van der Waals surface area contributed by atoms with E-state index in [-0.39, 0.29) is 12.4 Å². The molecule has 1 heterocycles. The zero-order valence-corrected chi connectivity index (χ0v) is 11.9. The minimum atomic E-state index is -2.98. The lowest BCUT2D eigenvalue weighted by molar-refractivity contribution is -0.0529. The molecular weight excluding hydrogens is 318 g/mol. The van der Waals surface area contributed by atoms with Crippen LogP contribution in [-0.2, 0) is 6.54 Å². The topological polar surface area (TPSA) is 63.2 Å². The van der Waals surface area contributed by atoms with Crippen LogP contribution < -0.4 is 15.4 Å². The Morgan fingerprint density at radius 1 is 1.43 bits per heavy atom. The van der Waals surface area contributed by atoms with Gasteiger partial charge in [-0.3, -0.25) is 0 Å². The van der Waals surface area contributed by atoms with Gasteiger partial charge in [-0.1, -0.05) is 0 Å². The lowest BCUT2D eigenvalue weighted by atomic mass is 10.1. The predicted octanol–water partition coefficient (Wildman–Crippen LogP) is 2.53. The largest absolute Gasteiger partial charge is 0.417 e. The number of hydrogen-bond donors (Lipinski definition) is 2. The summed E-state index contributed by atoms with van der Waals surface area (Å²) < 4.78 is 54.9. The van der Waals surface area contributed by atoms with Crippen LogP contribution in [0.2, 0.25) is 0 Å². The van der Waals surface area contributed by atoms with Crippen LogP contribution >= 0.6 is 0 Å². The van der Waals surface area contributed by atoms with Gasteiger partial charge in [-0.05, 0) is 24.5 Å². The van der Waals surface area contributed by atoms with Gasteiger partial charge >= 0.3 is 12.6 Å². The zero-order valence-electron chi connectivity index (χ0n) is 11.9. The second kappa shape index (κ2) is 5.86. The number of hydrogen-bond acceptors (Lipinski definition) is 3. The van der Waals surface area contributed by atoms with Crippen molar-refractivity contribution < 1.29 is 27.1 Å². The Morgan fingerprint density at radius 3 is 2.87 bits per heavy atom. The molecule has 126 valence electrons. The highest BCUT2D eigenvalue weighted by Crippen LogP contribution is 2.63. The number of urea groups is 1. The van der Waals surface area contributed by atoms with Crippen molar-refractivity contribution in [2.75, 3.05) is 0 Å². The van der Waals surface area contributed by atoms with Crippen molar-refractivity contribution in [3.63, 3.8) is 0 Å². The van der Waals surface area contributed by atoms with E-state index in [4.69, 9.17) is 0 Å². The monoisotopic (exact) mass is 333 g/mol. The Hall–Kier alpha value is -2.06. The normalized spacial score (nSPS) is 27.4. The van der Waals surface area contributed by atoms with Crippen LogP contribution in [0.15, 0.2) is 18.3 Å². The molecule has 0 unspecified atom stereocenters. The highest BCUT2D eigenvalue weighted by Gasteiger charge is 2.73. The summed E-state index contributed by atoms with van der Waals surface area (Å²) in [7, 11) is 0. The summed E-state index contributed by atoms with van der Waals surface area (Å²) in [6, 6.07) is 1.71. The number of fused-ring (bicyclic) bond motifs is 1. The first-order chi connectivity index (χ1) is 10.9. The van der Waals surface area contributed by atoms with Crippen LogP contribution in [0, 0.1) is 11.8 Å². The lowest BCUT2D eigenvalue weighted by Crippen LogP contribution is -2.43. The summed E-state index contributed by atoms with van der Waals surface area (Å²) in [5.74, 6) is -4.29. The smallest absolute Gasteiger partial charge is 0.388 e. The van der Waals surface area contributed by atoms with E-state index in [2.05, 4.69) is 20.4 Å². The van der Waals surface area contributed by atoms with E-state index in [1.807, 2.05) is 0 Å². The van der Waals surface area contributed by atoms with Crippen LogP contribution in [0.3, 0.4) is 0 Å². The van der Waals surface area contributed by atoms with E-state index >= 15 is 0 Å². The molecule has 2 saturated carbocycles. The minimum Gasteiger partial charge on any atom is -0.417 e. The second-order valence-electron chi connectivity index (χ2n) is 5.70. The zero-order chi connectivity index (χ0) is 16.6. The third kappa shape index (κ3) is 3.32. The number of carbonyl (C=O) groups excluding carboxylic acids is 1. The fraction of sp³-hybridized carbons (Fsp3) is 0.571. The minimum absolute atomic E-state index is 0.0468. The van der Waals surface area contributed by atoms with Crippen molar-refractivity contribution in [2.24, 2.45) is 11.8 Å². The molecule has 0 radical (unpaired) electrons. The summed E-state index contributed by atoms with van der Waals surface area (Å²) in [5.41, 5.74) is 0.506. The number of halogens is 4. The van der Waals surface area contributed by atoms with Gasteiger partial charge in [0, 0.05) is 30.8 Å². The Morgan fingerprint density at radius 2 is 2.22 bits per heavy atom. The van der Waals surface area contributed by atoms with E-state index in [0.29, 0.717) is 18.4 Å². The number of rotatable bonds is 5. The first-order valence-electron chi connectivity index (χ1n) is 7.20. The molecule has 1 aromatic heterocycles. The average molecular weight is 333 g/mol. The third-order valence-electron chi connectivity index (χ3n) is 4.26. The van der Waals surface area contributed by atoms with E-state index in [1.54, 1.807) is 0 Å². The fourth-order valence-corrected chi connectivity index (χ4v) is 3.16. The lowest BCUT2D eigenvalue weighted by Gasteiger charge is -2.16. The van der Waals surface area contributed by atoms with E-state index in [9.17, 15) is 22.4 Å². The predicted molar refractivity (Wildman–Crippen MR) is 71.2 cm³/mol. The van der Waals surface area contributed by atoms with Crippen molar-refractivity contribution in [2.45, 2.75) is 38.0 Å². The number of nitrogens with one attached hydrogen (secondary N) is 2. The number of ether oxygens (including phenoxy) is 1. The first-order valence-corrected chi connectivity index (χ1v) is 7.20. The fourth-order valence-electron chi connectivity index (χ4n) is 3.16. The molecule has 2 aliphatic rings. The highest BCUT2D eigenvalue weighted by molar-refractivity contribution is 5.74. The molecule has 1 aromatic rings. The molecule has 0 saturated heterocycles. The third-order valence-corrected chi connectivity index (χ3v) is 4.26. The molecule has 0 aromatic carbocycles. The van der Waals surface area contributed by atoms with E-state index < -0.39 is 36.4 Å². The van der Waals surface area contributed by atoms with Crippen LogP contribution in [-0.4, -0.2) is 29.6 Å². The van der Waals surface area contributed by atoms with Crippen molar-refractivity contribution in [3.05, 3.63) is 23.9 Å². The summed E-state index contributed by atoms with van der Waals surface area (Å²) in [6.07, 6.45) is 2.24. The molecule has 2 amide bonds. The van der Waals surface area contributed by atoms with Gasteiger partial charge in [0.15, 0.2) is 0 Å². The van der Waals surface area contributed by atoms with Crippen molar-refractivity contribution >= 4 is 6.03 Å². The average Bonchev–Trinajstić information content (AvgIpc) is 2.81. The second-order valence-corrected chi connectivity index (χ2v) is 5.70. The summed E-state index contributed by atoms with van der Waals surface area (Å²) in [4.78, 5) is 15.4. The number of alkyl halides is 4. The summed E-state index contributed by atoms with van der Waals surface area (Å²) in [6.45, 7) is -2.94. The molecule has 3 rings (SSSR count). The van der Waals surface area contributed by atoms with Crippen LogP contribution in [0.5, 0.6) is 5.88 Å². The summed E-state index contributed by atoms with van der Waals surface area (Å²) >= 11 is 0. The maximum atomic E-state index is 13.3. The van der Waals surface area contributed by atoms with Gasteiger partial charge in [0.2, 0.25) is 5.88 Å². The maximum Gasteiger partial charge on any atom is 0.388 e. The number of aromatic nitrogens is 1. The Kier molecular flexibility index (Phi) is 4.03. The maximum absolute atomic E-state index is 13.3.